The highest BCUT2D eigenvalue weighted by Gasteiger charge is 2.30. The zero-order valence-electron chi connectivity index (χ0n) is 15.4. The molecule has 0 aromatic heterocycles. The number of benzene rings is 2. The molecule has 1 unspecified atom stereocenters. The van der Waals surface area contributed by atoms with Crippen molar-refractivity contribution in [2.75, 3.05) is 47.5 Å². The molecule has 0 aliphatic carbocycles. The molecule has 0 bridgehead atoms. The minimum Gasteiger partial charge on any atom is -0.496 e. The molecule has 6 heteroatoms. The van der Waals surface area contributed by atoms with E-state index in [9.17, 15) is 4.39 Å². The van der Waals surface area contributed by atoms with E-state index < -0.39 is 0 Å². The Bertz CT molecular complexity index is 748. The van der Waals surface area contributed by atoms with Crippen LogP contribution in [0.1, 0.15) is 17.2 Å². The second-order valence-corrected chi connectivity index (χ2v) is 6.16. The second kappa shape index (κ2) is 8.38. The molecule has 1 aliphatic heterocycles. The van der Waals surface area contributed by atoms with Crippen LogP contribution in [-0.2, 0) is 0 Å². The van der Waals surface area contributed by atoms with Crippen LogP contribution in [0.25, 0.3) is 0 Å². The van der Waals surface area contributed by atoms with Gasteiger partial charge in [0.15, 0.2) is 11.5 Å². The van der Waals surface area contributed by atoms with Gasteiger partial charge in [0.2, 0.25) is 0 Å². The topological polar surface area (TPSA) is 43.0 Å². The van der Waals surface area contributed by atoms with Crippen LogP contribution in [-0.4, -0.2) is 52.4 Å². The minimum atomic E-state index is -0.289. The number of nitrogens with zero attached hydrogens (tertiary/aromatic N) is 1. The highest BCUT2D eigenvalue weighted by molar-refractivity contribution is 5.53. The Morgan fingerprint density at radius 1 is 0.923 bits per heavy atom. The number of halogens is 1. The number of rotatable bonds is 6. The van der Waals surface area contributed by atoms with Gasteiger partial charge in [-0.05, 0) is 24.3 Å². The van der Waals surface area contributed by atoms with Crippen molar-refractivity contribution in [1.82, 2.24) is 10.2 Å². The molecule has 0 saturated carbocycles. The molecule has 5 nitrogen and oxygen atoms in total. The highest BCUT2D eigenvalue weighted by atomic mass is 19.1. The maximum Gasteiger partial charge on any atom is 0.165 e. The number of ether oxygens (including phenoxy) is 3. The van der Waals surface area contributed by atoms with E-state index in [2.05, 4.69) is 10.2 Å². The second-order valence-electron chi connectivity index (χ2n) is 6.16. The molecular weight excluding hydrogens is 335 g/mol. The first-order valence-corrected chi connectivity index (χ1v) is 8.68. The molecule has 0 amide bonds. The van der Waals surface area contributed by atoms with Gasteiger partial charge < -0.3 is 19.5 Å². The number of piperazine rings is 1. The van der Waals surface area contributed by atoms with Crippen molar-refractivity contribution in [3.63, 3.8) is 0 Å². The Morgan fingerprint density at radius 3 is 2.31 bits per heavy atom. The zero-order chi connectivity index (χ0) is 18.5. The van der Waals surface area contributed by atoms with Gasteiger partial charge in [-0.3, -0.25) is 4.90 Å². The molecule has 1 aliphatic rings. The quantitative estimate of drug-likeness (QED) is 0.858. The maximum atomic E-state index is 14.1. The van der Waals surface area contributed by atoms with Crippen LogP contribution in [0.5, 0.6) is 17.2 Å². The van der Waals surface area contributed by atoms with Crippen LogP contribution in [0, 0.1) is 5.82 Å². The van der Waals surface area contributed by atoms with Crippen LogP contribution in [0.4, 0.5) is 4.39 Å². The fraction of sp³-hybridized carbons (Fsp3) is 0.400. The van der Waals surface area contributed by atoms with Crippen molar-refractivity contribution in [2.45, 2.75) is 6.04 Å². The lowest BCUT2D eigenvalue weighted by Crippen LogP contribution is -2.45. The molecule has 1 atom stereocenters. The Morgan fingerprint density at radius 2 is 1.65 bits per heavy atom. The van der Waals surface area contributed by atoms with Crippen LogP contribution < -0.4 is 19.5 Å². The van der Waals surface area contributed by atoms with E-state index in [1.165, 1.54) is 6.07 Å². The van der Waals surface area contributed by atoms with Crippen LogP contribution in [0.2, 0.25) is 0 Å². The summed E-state index contributed by atoms with van der Waals surface area (Å²) in [6.45, 7) is 3.43. The van der Waals surface area contributed by atoms with E-state index in [1.807, 2.05) is 18.2 Å². The molecule has 1 saturated heterocycles. The van der Waals surface area contributed by atoms with Crippen LogP contribution in [0.15, 0.2) is 36.4 Å². The number of hydrogen-bond donors (Lipinski definition) is 1. The predicted molar refractivity (Wildman–Crippen MR) is 98.8 cm³/mol. The first-order valence-electron chi connectivity index (χ1n) is 8.68. The smallest absolute Gasteiger partial charge is 0.165 e. The third kappa shape index (κ3) is 3.61. The number of para-hydroxylation sites is 1. The minimum absolute atomic E-state index is 0.201. The SMILES string of the molecule is COc1ccc(F)cc1C(c1cccc(OC)c1OC)N1CCNCC1. The largest absolute Gasteiger partial charge is 0.496 e. The molecular formula is C20H25FN2O3. The Hall–Kier alpha value is -2.31. The molecule has 140 valence electrons. The van der Waals surface area contributed by atoms with Gasteiger partial charge in [-0.25, -0.2) is 4.39 Å². The van der Waals surface area contributed by atoms with Gasteiger partial charge in [0, 0.05) is 37.3 Å². The fourth-order valence-electron chi connectivity index (χ4n) is 3.55. The molecule has 0 radical (unpaired) electrons. The maximum absolute atomic E-state index is 14.1. The molecule has 26 heavy (non-hydrogen) atoms. The molecule has 2 aromatic rings. The monoisotopic (exact) mass is 360 g/mol. The third-order valence-electron chi connectivity index (χ3n) is 4.73. The summed E-state index contributed by atoms with van der Waals surface area (Å²) in [6, 6.07) is 10.2. The van der Waals surface area contributed by atoms with E-state index in [0.29, 0.717) is 17.2 Å². The molecule has 1 N–H and O–H groups in total. The van der Waals surface area contributed by atoms with E-state index >= 15 is 0 Å². The first kappa shape index (κ1) is 18.5. The first-order chi connectivity index (χ1) is 12.7. The Kier molecular flexibility index (Phi) is 5.96. The average molecular weight is 360 g/mol. The Balaban J connectivity index is 2.18. The van der Waals surface area contributed by atoms with Gasteiger partial charge in [0.1, 0.15) is 11.6 Å². The lowest BCUT2D eigenvalue weighted by Gasteiger charge is -2.36. The van der Waals surface area contributed by atoms with Gasteiger partial charge in [-0.1, -0.05) is 12.1 Å². The molecule has 2 aromatic carbocycles. The summed E-state index contributed by atoms with van der Waals surface area (Å²) in [5.41, 5.74) is 1.71. The summed E-state index contributed by atoms with van der Waals surface area (Å²) in [4.78, 5) is 2.31. The van der Waals surface area contributed by atoms with E-state index in [1.54, 1.807) is 33.5 Å². The molecule has 3 rings (SSSR count). The van der Waals surface area contributed by atoms with Gasteiger partial charge in [-0.2, -0.15) is 0 Å². The number of nitrogens with one attached hydrogen (secondary N) is 1. The van der Waals surface area contributed by atoms with E-state index in [4.69, 9.17) is 14.2 Å². The average Bonchev–Trinajstić information content (AvgIpc) is 2.69. The van der Waals surface area contributed by atoms with E-state index in [0.717, 1.165) is 37.3 Å². The molecule has 1 heterocycles. The van der Waals surface area contributed by atoms with Crippen molar-refractivity contribution in [1.29, 1.82) is 0 Å². The van der Waals surface area contributed by atoms with Crippen molar-refractivity contribution < 1.29 is 18.6 Å². The van der Waals surface area contributed by atoms with Gasteiger partial charge >= 0.3 is 0 Å². The van der Waals surface area contributed by atoms with Crippen molar-refractivity contribution in [3.8, 4) is 17.2 Å². The Labute approximate surface area is 153 Å². The van der Waals surface area contributed by atoms with Crippen molar-refractivity contribution in [3.05, 3.63) is 53.3 Å². The molecule has 0 spiro atoms. The molecule has 1 fully saturated rings. The lowest BCUT2D eigenvalue weighted by atomic mass is 9.94. The summed E-state index contributed by atoms with van der Waals surface area (Å²) in [5, 5.41) is 3.36. The number of hydrogen-bond acceptors (Lipinski definition) is 5. The summed E-state index contributed by atoms with van der Waals surface area (Å²) >= 11 is 0. The van der Waals surface area contributed by atoms with Gasteiger partial charge in [0.25, 0.3) is 0 Å². The number of methoxy groups -OCH3 is 3. The lowest BCUT2D eigenvalue weighted by molar-refractivity contribution is 0.191. The predicted octanol–water partition coefficient (Wildman–Crippen LogP) is 2.85. The van der Waals surface area contributed by atoms with Gasteiger partial charge in [0.05, 0.1) is 27.4 Å². The van der Waals surface area contributed by atoms with Gasteiger partial charge in [-0.15, -0.1) is 0 Å². The standard InChI is InChI=1S/C20H25FN2O3/c1-24-17-8-7-14(21)13-16(17)19(23-11-9-22-10-12-23)15-5-4-6-18(25-2)20(15)26-3/h4-8,13,19,22H,9-12H2,1-3H3. The van der Waals surface area contributed by atoms with Crippen LogP contribution >= 0.6 is 0 Å². The van der Waals surface area contributed by atoms with Crippen LogP contribution in [0.3, 0.4) is 0 Å². The van der Waals surface area contributed by atoms with Crippen molar-refractivity contribution >= 4 is 0 Å². The summed E-state index contributed by atoms with van der Waals surface area (Å²) in [5.74, 6) is 1.67. The van der Waals surface area contributed by atoms with Crippen molar-refractivity contribution in [2.24, 2.45) is 0 Å². The normalized spacial score (nSPS) is 16.2. The zero-order valence-corrected chi connectivity index (χ0v) is 15.4. The summed E-state index contributed by atoms with van der Waals surface area (Å²) in [6.07, 6.45) is 0. The summed E-state index contributed by atoms with van der Waals surface area (Å²) in [7, 11) is 4.84. The third-order valence-corrected chi connectivity index (χ3v) is 4.73. The summed E-state index contributed by atoms with van der Waals surface area (Å²) < 4.78 is 30.8. The van der Waals surface area contributed by atoms with E-state index in [-0.39, 0.29) is 11.9 Å². The highest BCUT2D eigenvalue weighted by Crippen LogP contribution is 2.42. The fourth-order valence-corrected chi connectivity index (χ4v) is 3.55.